The highest BCUT2D eigenvalue weighted by Gasteiger charge is 2.31. The van der Waals surface area contributed by atoms with E-state index in [-0.39, 0.29) is 0 Å². The van der Waals surface area contributed by atoms with Gasteiger partial charge in [0.05, 0.1) is 11.1 Å². The SMILES string of the molecule is Cc1cc(C(F)(F)F)ccc1C(C)(C)N=[N+]=[N-]. The van der Waals surface area contributed by atoms with Crippen molar-refractivity contribution in [3.05, 3.63) is 45.3 Å². The molecule has 0 saturated carbocycles. The monoisotopic (exact) mass is 243 g/mol. The number of benzene rings is 1. The van der Waals surface area contributed by atoms with Crippen molar-refractivity contribution in [3.8, 4) is 0 Å². The van der Waals surface area contributed by atoms with Gasteiger partial charge >= 0.3 is 6.18 Å². The van der Waals surface area contributed by atoms with Gasteiger partial charge in [0, 0.05) is 4.91 Å². The molecule has 3 nitrogen and oxygen atoms in total. The Hall–Kier alpha value is -1.68. The van der Waals surface area contributed by atoms with Crippen LogP contribution in [-0.4, -0.2) is 0 Å². The highest BCUT2D eigenvalue weighted by molar-refractivity contribution is 5.36. The van der Waals surface area contributed by atoms with Crippen molar-refractivity contribution in [2.75, 3.05) is 0 Å². The Morgan fingerprint density at radius 2 is 1.82 bits per heavy atom. The van der Waals surface area contributed by atoms with Gasteiger partial charge in [-0.25, -0.2) is 0 Å². The van der Waals surface area contributed by atoms with Crippen LogP contribution < -0.4 is 0 Å². The van der Waals surface area contributed by atoms with Crippen molar-refractivity contribution in [1.82, 2.24) is 0 Å². The third kappa shape index (κ3) is 2.91. The molecule has 0 aliphatic heterocycles. The Morgan fingerprint density at radius 1 is 1.24 bits per heavy atom. The minimum absolute atomic E-state index is 0.456. The van der Waals surface area contributed by atoms with Crippen LogP contribution in [0.4, 0.5) is 13.2 Å². The molecule has 0 saturated heterocycles. The number of alkyl halides is 3. The summed E-state index contributed by atoms with van der Waals surface area (Å²) >= 11 is 0. The Bertz CT molecular complexity index is 471. The predicted molar refractivity (Wildman–Crippen MR) is 58.4 cm³/mol. The quantitative estimate of drug-likeness (QED) is 0.415. The fourth-order valence-corrected chi connectivity index (χ4v) is 1.69. The van der Waals surface area contributed by atoms with Gasteiger partial charge < -0.3 is 0 Å². The maximum absolute atomic E-state index is 12.5. The highest BCUT2D eigenvalue weighted by atomic mass is 19.4. The summed E-state index contributed by atoms with van der Waals surface area (Å²) in [4.78, 5) is 2.70. The molecule has 92 valence electrons. The zero-order valence-electron chi connectivity index (χ0n) is 9.71. The molecule has 0 aromatic heterocycles. The molecule has 0 aliphatic rings. The normalized spacial score (nSPS) is 12.1. The van der Waals surface area contributed by atoms with Gasteiger partial charge in [0.1, 0.15) is 0 Å². The maximum atomic E-state index is 12.5. The second kappa shape index (κ2) is 4.30. The Kier molecular flexibility index (Phi) is 3.38. The van der Waals surface area contributed by atoms with Gasteiger partial charge in [-0.1, -0.05) is 25.0 Å². The molecule has 0 atom stereocenters. The average molecular weight is 243 g/mol. The first kappa shape index (κ1) is 13.4. The van der Waals surface area contributed by atoms with E-state index in [4.69, 9.17) is 5.53 Å². The molecule has 1 aromatic rings. The fraction of sp³-hybridized carbons (Fsp3) is 0.455. The fourth-order valence-electron chi connectivity index (χ4n) is 1.69. The second-order valence-electron chi connectivity index (χ2n) is 4.28. The van der Waals surface area contributed by atoms with Crippen LogP contribution in [0.3, 0.4) is 0 Å². The molecule has 0 heterocycles. The molecular formula is C11H12F3N3. The second-order valence-corrected chi connectivity index (χ2v) is 4.28. The van der Waals surface area contributed by atoms with Crippen LogP contribution in [0.2, 0.25) is 0 Å². The number of rotatable bonds is 2. The Morgan fingerprint density at radius 3 is 2.24 bits per heavy atom. The van der Waals surface area contributed by atoms with Gasteiger partial charge in [-0.15, -0.1) is 0 Å². The van der Waals surface area contributed by atoms with Crippen LogP contribution in [0, 0.1) is 6.92 Å². The number of azide groups is 1. The summed E-state index contributed by atoms with van der Waals surface area (Å²) in [5.41, 5.74) is 7.90. The molecule has 17 heavy (non-hydrogen) atoms. The topological polar surface area (TPSA) is 48.8 Å². The third-order valence-corrected chi connectivity index (χ3v) is 2.51. The Balaban J connectivity index is 3.28. The molecule has 1 rings (SSSR count). The standard InChI is InChI=1S/C11H12F3N3/c1-7-6-8(11(12,13)14)4-5-9(7)10(2,3)16-17-15/h4-6H,1-3H3. The van der Waals surface area contributed by atoms with E-state index < -0.39 is 17.3 Å². The van der Waals surface area contributed by atoms with Crippen molar-refractivity contribution in [1.29, 1.82) is 0 Å². The van der Waals surface area contributed by atoms with Crippen LogP contribution in [0.1, 0.15) is 30.5 Å². The minimum Gasteiger partial charge on any atom is -0.166 e. The maximum Gasteiger partial charge on any atom is 0.416 e. The molecular weight excluding hydrogens is 231 g/mol. The number of hydrogen-bond acceptors (Lipinski definition) is 1. The first-order valence-electron chi connectivity index (χ1n) is 4.93. The van der Waals surface area contributed by atoms with Gasteiger partial charge in [0.15, 0.2) is 0 Å². The first-order chi connectivity index (χ1) is 7.68. The predicted octanol–water partition coefficient (Wildman–Crippen LogP) is 4.56. The van der Waals surface area contributed by atoms with E-state index in [1.165, 1.54) is 6.07 Å². The number of aryl methyl sites for hydroxylation is 1. The number of nitrogens with zero attached hydrogens (tertiary/aromatic N) is 3. The van der Waals surface area contributed by atoms with Gasteiger partial charge in [0.2, 0.25) is 0 Å². The van der Waals surface area contributed by atoms with Crippen molar-refractivity contribution in [2.45, 2.75) is 32.5 Å². The summed E-state index contributed by atoms with van der Waals surface area (Å²) in [6.07, 6.45) is -4.36. The minimum atomic E-state index is -4.36. The molecule has 0 radical (unpaired) electrons. The molecule has 6 heteroatoms. The van der Waals surface area contributed by atoms with E-state index in [0.717, 1.165) is 12.1 Å². The zero-order valence-corrected chi connectivity index (χ0v) is 9.71. The van der Waals surface area contributed by atoms with E-state index in [1.54, 1.807) is 20.8 Å². The summed E-state index contributed by atoms with van der Waals surface area (Å²) in [6, 6.07) is 3.41. The summed E-state index contributed by atoms with van der Waals surface area (Å²) in [5, 5.41) is 3.58. The molecule has 0 N–H and O–H groups in total. The van der Waals surface area contributed by atoms with Crippen LogP contribution in [-0.2, 0) is 11.7 Å². The average Bonchev–Trinajstić information content (AvgIpc) is 2.15. The lowest BCUT2D eigenvalue weighted by Crippen LogP contribution is -2.15. The van der Waals surface area contributed by atoms with Crippen molar-refractivity contribution in [3.63, 3.8) is 0 Å². The molecule has 0 aliphatic carbocycles. The zero-order chi connectivity index (χ0) is 13.3. The molecule has 1 aromatic carbocycles. The molecule has 0 amide bonds. The molecule has 0 unspecified atom stereocenters. The first-order valence-corrected chi connectivity index (χ1v) is 4.93. The van der Waals surface area contributed by atoms with Gasteiger partial charge in [-0.2, -0.15) is 13.2 Å². The lowest BCUT2D eigenvalue weighted by molar-refractivity contribution is -0.137. The van der Waals surface area contributed by atoms with Crippen LogP contribution in [0.5, 0.6) is 0 Å². The van der Waals surface area contributed by atoms with Crippen molar-refractivity contribution < 1.29 is 13.2 Å². The van der Waals surface area contributed by atoms with Gasteiger partial charge in [0.25, 0.3) is 0 Å². The highest BCUT2D eigenvalue weighted by Crippen LogP contribution is 2.34. The summed E-state index contributed by atoms with van der Waals surface area (Å²) in [6.45, 7) is 4.88. The Labute approximate surface area is 96.9 Å². The number of halogens is 3. The van der Waals surface area contributed by atoms with E-state index in [9.17, 15) is 13.2 Å². The van der Waals surface area contributed by atoms with Gasteiger partial charge in [-0.05, 0) is 35.7 Å². The summed E-state index contributed by atoms with van der Waals surface area (Å²) < 4.78 is 37.4. The van der Waals surface area contributed by atoms with Crippen molar-refractivity contribution >= 4 is 0 Å². The van der Waals surface area contributed by atoms with Crippen LogP contribution >= 0.6 is 0 Å². The van der Waals surface area contributed by atoms with Crippen molar-refractivity contribution in [2.24, 2.45) is 5.11 Å². The molecule has 0 fully saturated rings. The summed E-state index contributed by atoms with van der Waals surface area (Å²) in [7, 11) is 0. The third-order valence-electron chi connectivity index (χ3n) is 2.51. The lowest BCUT2D eigenvalue weighted by Gasteiger charge is -2.22. The summed E-state index contributed by atoms with van der Waals surface area (Å²) in [5.74, 6) is 0. The smallest absolute Gasteiger partial charge is 0.166 e. The van der Waals surface area contributed by atoms with E-state index >= 15 is 0 Å². The van der Waals surface area contributed by atoms with Gasteiger partial charge in [-0.3, -0.25) is 0 Å². The van der Waals surface area contributed by atoms with E-state index in [2.05, 4.69) is 10.0 Å². The number of hydrogen-bond donors (Lipinski definition) is 0. The van der Waals surface area contributed by atoms with E-state index in [0.29, 0.717) is 11.1 Å². The van der Waals surface area contributed by atoms with E-state index in [1.807, 2.05) is 0 Å². The lowest BCUT2D eigenvalue weighted by atomic mass is 9.90. The molecule has 0 bridgehead atoms. The van der Waals surface area contributed by atoms with Crippen LogP contribution in [0.15, 0.2) is 23.3 Å². The largest absolute Gasteiger partial charge is 0.416 e. The van der Waals surface area contributed by atoms with Crippen LogP contribution in [0.25, 0.3) is 10.4 Å². The molecule has 0 spiro atoms.